The van der Waals surface area contributed by atoms with Crippen molar-refractivity contribution in [2.45, 2.75) is 71.1 Å². The predicted octanol–water partition coefficient (Wildman–Crippen LogP) is 4.74. The number of allylic oxidation sites excluding steroid dienone is 1. The monoisotopic (exact) mass is 346 g/mol. The Morgan fingerprint density at radius 1 is 1.32 bits per heavy atom. The van der Waals surface area contributed by atoms with Gasteiger partial charge in [0.15, 0.2) is 12.4 Å². The van der Waals surface area contributed by atoms with Crippen molar-refractivity contribution < 1.29 is 19.0 Å². The van der Waals surface area contributed by atoms with E-state index in [1.807, 2.05) is 45.0 Å². The molecular formula is C21H30O4. The highest BCUT2D eigenvalue weighted by Gasteiger charge is 2.40. The molecule has 4 atom stereocenters. The Morgan fingerprint density at radius 3 is 2.64 bits per heavy atom. The fraction of sp³-hybridized carbons (Fsp3) is 0.571. The number of hydrogen-bond donors (Lipinski definition) is 0. The fourth-order valence-electron chi connectivity index (χ4n) is 2.91. The quantitative estimate of drug-likeness (QED) is 0.528. The predicted molar refractivity (Wildman–Crippen MR) is 98.4 cm³/mol. The molecule has 4 nitrogen and oxygen atoms in total. The third-order valence-electron chi connectivity index (χ3n) is 4.71. The maximum Gasteiger partial charge on any atom is 0.338 e. The molecule has 2 rings (SSSR count). The van der Waals surface area contributed by atoms with Crippen molar-refractivity contribution in [2.75, 3.05) is 0 Å². The van der Waals surface area contributed by atoms with Crippen molar-refractivity contribution in [1.82, 2.24) is 0 Å². The Balaban J connectivity index is 2.08. The molecule has 1 aromatic rings. The third-order valence-corrected chi connectivity index (χ3v) is 4.71. The Morgan fingerprint density at radius 2 is 2.00 bits per heavy atom. The fourth-order valence-corrected chi connectivity index (χ4v) is 2.91. The first-order valence-corrected chi connectivity index (χ1v) is 9.02. The zero-order chi connectivity index (χ0) is 18.4. The van der Waals surface area contributed by atoms with Gasteiger partial charge >= 0.3 is 5.97 Å². The van der Waals surface area contributed by atoms with E-state index in [9.17, 15) is 4.79 Å². The van der Waals surface area contributed by atoms with Gasteiger partial charge in [-0.25, -0.2) is 4.79 Å². The Kier molecular flexibility index (Phi) is 6.79. The molecule has 0 N–H and O–H groups in total. The lowest BCUT2D eigenvalue weighted by molar-refractivity contribution is -0.282. The molecule has 25 heavy (non-hydrogen) atoms. The smallest absolute Gasteiger partial charge is 0.338 e. The molecule has 1 aliphatic heterocycles. The van der Waals surface area contributed by atoms with Gasteiger partial charge in [0.1, 0.15) is 0 Å². The molecule has 0 aliphatic carbocycles. The van der Waals surface area contributed by atoms with Crippen molar-refractivity contribution in [3.63, 3.8) is 0 Å². The van der Waals surface area contributed by atoms with Gasteiger partial charge in [-0.3, -0.25) is 0 Å². The molecule has 0 unspecified atom stereocenters. The summed E-state index contributed by atoms with van der Waals surface area (Å²) < 4.78 is 18.0. The zero-order valence-corrected chi connectivity index (χ0v) is 15.7. The van der Waals surface area contributed by atoms with Crippen molar-refractivity contribution >= 4 is 5.97 Å². The van der Waals surface area contributed by atoms with Gasteiger partial charge in [0.25, 0.3) is 0 Å². The highest BCUT2D eigenvalue weighted by atomic mass is 16.7. The lowest BCUT2D eigenvalue weighted by Gasteiger charge is -2.41. The molecule has 138 valence electrons. The highest BCUT2D eigenvalue weighted by molar-refractivity contribution is 5.89. The van der Waals surface area contributed by atoms with Crippen LogP contribution in [0.1, 0.15) is 57.3 Å². The van der Waals surface area contributed by atoms with Crippen molar-refractivity contribution in [3.8, 4) is 0 Å². The van der Waals surface area contributed by atoms with Crippen LogP contribution in [0.2, 0.25) is 0 Å². The molecule has 0 radical (unpaired) electrons. The SMILES string of the molecule is C=CCCC(C)(C)O[C@@H]1O[C@@H](C)[C@H](C)C[C@H]1OC(=O)c1ccccc1. The standard InChI is InChI=1S/C21H30O4/c1-6-7-13-21(4,5)25-20-18(14-15(2)16(3)23-20)24-19(22)17-11-9-8-10-12-17/h6,8-12,15-16,18,20H,1,7,13-14H2,2-5H3/t15-,16+,18-,20+/m1/s1. The Labute approximate surface area is 151 Å². The summed E-state index contributed by atoms with van der Waals surface area (Å²) in [4.78, 5) is 12.4. The molecular weight excluding hydrogens is 316 g/mol. The van der Waals surface area contributed by atoms with Crippen LogP contribution in [-0.2, 0) is 14.2 Å². The van der Waals surface area contributed by atoms with Crippen molar-refractivity contribution in [1.29, 1.82) is 0 Å². The molecule has 0 amide bonds. The van der Waals surface area contributed by atoms with E-state index in [1.165, 1.54) is 0 Å². The van der Waals surface area contributed by atoms with E-state index in [0.717, 1.165) is 19.3 Å². The van der Waals surface area contributed by atoms with E-state index in [2.05, 4.69) is 13.5 Å². The number of benzene rings is 1. The molecule has 4 heteroatoms. The molecule has 1 aliphatic rings. The van der Waals surface area contributed by atoms with E-state index in [0.29, 0.717) is 11.5 Å². The van der Waals surface area contributed by atoms with Gasteiger partial charge in [-0.2, -0.15) is 0 Å². The average molecular weight is 346 g/mol. The van der Waals surface area contributed by atoms with E-state index in [4.69, 9.17) is 14.2 Å². The summed E-state index contributed by atoms with van der Waals surface area (Å²) in [5.41, 5.74) is 0.162. The summed E-state index contributed by atoms with van der Waals surface area (Å²) in [7, 11) is 0. The summed E-state index contributed by atoms with van der Waals surface area (Å²) in [5.74, 6) is -0.0434. The maximum atomic E-state index is 12.4. The number of hydrogen-bond acceptors (Lipinski definition) is 4. The van der Waals surface area contributed by atoms with Crippen LogP contribution in [0.25, 0.3) is 0 Å². The molecule has 0 aromatic heterocycles. The van der Waals surface area contributed by atoms with Gasteiger partial charge in [-0.15, -0.1) is 6.58 Å². The summed E-state index contributed by atoms with van der Waals surface area (Å²) in [6.07, 6.45) is 3.39. The van der Waals surface area contributed by atoms with Gasteiger partial charge < -0.3 is 14.2 Å². The third kappa shape index (κ3) is 5.68. The molecule has 0 spiro atoms. The summed E-state index contributed by atoms with van der Waals surface area (Å²) in [6.45, 7) is 12.0. The highest BCUT2D eigenvalue weighted by Crippen LogP contribution is 2.32. The Hall–Kier alpha value is -1.65. The first-order chi connectivity index (χ1) is 11.8. The van der Waals surface area contributed by atoms with Crippen molar-refractivity contribution in [3.05, 3.63) is 48.6 Å². The second-order valence-electron chi connectivity index (χ2n) is 7.44. The van der Waals surface area contributed by atoms with Crippen LogP contribution in [0.4, 0.5) is 0 Å². The topological polar surface area (TPSA) is 44.8 Å². The minimum absolute atomic E-state index is 0.0619. The first-order valence-electron chi connectivity index (χ1n) is 9.02. The molecule has 1 heterocycles. The Bertz CT molecular complexity index is 567. The average Bonchev–Trinajstić information content (AvgIpc) is 2.58. The summed E-state index contributed by atoms with van der Waals surface area (Å²) in [5, 5.41) is 0. The number of ether oxygens (including phenoxy) is 3. The molecule has 1 fully saturated rings. The molecule has 0 saturated carbocycles. The van der Waals surface area contributed by atoms with Gasteiger partial charge in [-0.1, -0.05) is 31.2 Å². The van der Waals surface area contributed by atoms with E-state index in [1.54, 1.807) is 12.1 Å². The van der Waals surface area contributed by atoms with Crippen LogP contribution in [0, 0.1) is 5.92 Å². The minimum Gasteiger partial charge on any atom is -0.453 e. The second kappa shape index (κ2) is 8.63. The van der Waals surface area contributed by atoms with Crippen LogP contribution in [0.15, 0.2) is 43.0 Å². The largest absolute Gasteiger partial charge is 0.453 e. The zero-order valence-electron chi connectivity index (χ0n) is 15.7. The van der Waals surface area contributed by atoms with Crippen LogP contribution in [-0.4, -0.2) is 30.1 Å². The van der Waals surface area contributed by atoms with Crippen LogP contribution in [0.3, 0.4) is 0 Å². The lowest BCUT2D eigenvalue weighted by atomic mass is 9.94. The van der Waals surface area contributed by atoms with Crippen LogP contribution in [0.5, 0.6) is 0 Å². The van der Waals surface area contributed by atoms with Crippen LogP contribution < -0.4 is 0 Å². The van der Waals surface area contributed by atoms with Gasteiger partial charge in [0.2, 0.25) is 0 Å². The van der Waals surface area contributed by atoms with E-state index >= 15 is 0 Å². The van der Waals surface area contributed by atoms with Crippen LogP contribution >= 0.6 is 0 Å². The number of carbonyl (C=O) groups excluding carboxylic acids is 1. The molecule has 0 bridgehead atoms. The number of rotatable bonds is 7. The van der Waals surface area contributed by atoms with E-state index in [-0.39, 0.29) is 17.7 Å². The normalized spacial score (nSPS) is 26.9. The van der Waals surface area contributed by atoms with Gasteiger partial charge in [0.05, 0.1) is 17.3 Å². The van der Waals surface area contributed by atoms with E-state index < -0.39 is 12.4 Å². The molecule has 1 aromatic carbocycles. The number of esters is 1. The molecule has 1 saturated heterocycles. The summed E-state index contributed by atoms with van der Waals surface area (Å²) >= 11 is 0. The second-order valence-corrected chi connectivity index (χ2v) is 7.44. The maximum absolute atomic E-state index is 12.4. The first kappa shape index (κ1) is 19.7. The minimum atomic E-state index is -0.557. The van der Waals surface area contributed by atoms with Gasteiger partial charge in [-0.05, 0) is 58.1 Å². The summed E-state index contributed by atoms with van der Waals surface area (Å²) in [6, 6.07) is 9.03. The lowest BCUT2D eigenvalue weighted by Crippen LogP contribution is -2.49. The van der Waals surface area contributed by atoms with Crippen molar-refractivity contribution in [2.24, 2.45) is 5.92 Å². The number of carbonyl (C=O) groups is 1. The van der Waals surface area contributed by atoms with Gasteiger partial charge in [0, 0.05) is 0 Å².